The quantitative estimate of drug-likeness (QED) is 0.912. The fourth-order valence-electron chi connectivity index (χ4n) is 2.18. The maximum atomic E-state index is 12.4. The number of hydrogen-bond acceptors (Lipinski definition) is 5. The minimum absolute atomic E-state index is 0.00453. The van der Waals surface area contributed by atoms with E-state index < -0.39 is 19.9 Å². The first kappa shape index (κ1) is 15.6. The van der Waals surface area contributed by atoms with Crippen LogP contribution in [0.25, 0.3) is 6.08 Å². The SMILES string of the molecule is COc1ccc(NS(=O)(=O)c2ccc3c(c2)S(=O)(=O)C=C3)cc1. The first-order valence-corrected chi connectivity index (χ1v) is 9.59. The predicted octanol–water partition coefficient (Wildman–Crippen LogP) is 2.25. The van der Waals surface area contributed by atoms with Gasteiger partial charge in [-0.1, -0.05) is 6.07 Å². The van der Waals surface area contributed by atoms with Crippen LogP contribution in [0.5, 0.6) is 5.75 Å². The van der Waals surface area contributed by atoms with E-state index in [2.05, 4.69) is 4.72 Å². The maximum absolute atomic E-state index is 12.4. The Hall–Kier alpha value is -2.32. The number of rotatable bonds is 4. The summed E-state index contributed by atoms with van der Waals surface area (Å²) in [6, 6.07) is 10.4. The van der Waals surface area contributed by atoms with Crippen molar-refractivity contribution in [3.8, 4) is 5.75 Å². The monoisotopic (exact) mass is 351 g/mol. The summed E-state index contributed by atoms with van der Waals surface area (Å²) < 4.78 is 55.9. The van der Waals surface area contributed by atoms with Crippen molar-refractivity contribution in [1.82, 2.24) is 0 Å². The van der Waals surface area contributed by atoms with E-state index in [-0.39, 0.29) is 9.79 Å². The Bertz CT molecular complexity index is 991. The largest absolute Gasteiger partial charge is 0.497 e. The zero-order chi connectivity index (χ0) is 16.7. The number of sulfonamides is 1. The second-order valence-electron chi connectivity index (χ2n) is 4.88. The fraction of sp³-hybridized carbons (Fsp3) is 0.0667. The number of ether oxygens (including phenoxy) is 1. The summed E-state index contributed by atoms with van der Waals surface area (Å²) in [6.07, 6.45) is 1.44. The van der Waals surface area contributed by atoms with Gasteiger partial charge in [0.05, 0.1) is 16.9 Å². The van der Waals surface area contributed by atoms with Gasteiger partial charge in [-0.25, -0.2) is 16.8 Å². The number of nitrogens with one attached hydrogen (secondary N) is 1. The van der Waals surface area contributed by atoms with Crippen molar-refractivity contribution in [2.45, 2.75) is 9.79 Å². The maximum Gasteiger partial charge on any atom is 0.261 e. The van der Waals surface area contributed by atoms with Crippen LogP contribution in [0.15, 0.2) is 57.7 Å². The molecular weight excluding hydrogens is 338 g/mol. The lowest BCUT2D eigenvalue weighted by atomic mass is 10.2. The standard InChI is InChI=1S/C15H13NO5S2/c1-21-13-5-3-12(4-6-13)16-23(19,20)14-7-2-11-8-9-22(17,18)15(11)10-14/h2-10,16H,1H3. The van der Waals surface area contributed by atoms with Crippen molar-refractivity contribution in [1.29, 1.82) is 0 Å². The van der Waals surface area contributed by atoms with Gasteiger partial charge in [-0.3, -0.25) is 4.72 Å². The Morgan fingerprint density at radius 3 is 2.39 bits per heavy atom. The summed E-state index contributed by atoms with van der Waals surface area (Å²) in [4.78, 5) is -0.116. The van der Waals surface area contributed by atoms with Crippen molar-refractivity contribution in [2.75, 3.05) is 11.8 Å². The third kappa shape index (κ3) is 2.95. The molecule has 0 spiro atoms. The van der Waals surface area contributed by atoms with Gasteiger partial charge in [-0.05, 0) is 48.0 Å². The number of benzene rings is 2. The molecule has 0 saturated carbocycles. The average Bonchev–Trinajstić information content (AvgIpc) is 2.83. The Balaban J connectivity index is 1.94. The van der Waals surface area contributed by atoms with E-state index in [0.29, 0.717) is 17.0 Å². The molecule has 2 aromatic rings. The van der Waals surface area contributed by atoms with Crippen LogP contribution in [-0.2, 0) is 19.9 Å². The predicted molar refractivity (Wildman–Crippen MR) is 86.5 cm³/mol. The molecule has 0 aliphatic carbocycles. The van der Waals surface area contributed by atoms with Crippen LogP contribution in [0.4, 0.5) is 5.69 Å². The van der Waals surface area contributed by atoms with Gasteiger partial charge in [0.15, 0.2) is 9.84 Å². The molecule has 23 heavy (non-hydrogen) atoms. The van der Waals surface area contributed by atoms with Crippen LogP contribution in [0.1, 0.15) is 5.56 Å². The molecule has 8 heteroatoms. The third-order valence-electron chi connectivity index (χ3n) is 3.37. The molecule has 3 rings (SSSR count). The summed E-state index contributed by atoms with van der Waals surface area (Å²) in [5.74, 6) is 0.600. The number of fused-ring (bicyclic) bond motifs is 1. The van der Waals surface area contributed by atoms with Gasteiger partial charge in [-0.15, -0.1) is 0 Å². The van der Waals surface area contributed by atoms with E-state index in [0.717, 1.165) is 11.5 Å². The van der Waals surface area contributed by atoms with Gasteiger partial charge in [0.1, 0.15) is 5.75 Å². The Kier molecular flexibility index (Phi) is 3.65. The molecule has 2 aromatic carbocycles. The summed E-state index contributed by atoms with van der Waals surface area (Å²) >= 11 is 0. The highest BCUT2D eigenvalue weighted by molar-refractivity contribution is 7.95. The topological polar surface area (TPSA) is 89.5 Å². The molecule has 0 aromatic heterocycles. The molecule has 1 aliphatic rings. The summed E-state index contributed by atoms with van der Waals surface area (Å²) in [7, 11) is -5.94. The Morgan fingerprint density at radius 2 is 1.74 bits per heavy atom. The zero-order valence-electron chi connectivity index (χ0n) is 12.1. The van der Waals surface area contributed by atoms with Crippen LogP contribution in [-0.4, -0.2) is 23.9 Å². The van der Waals surface area contributed by atoms with Crippen LogP contribution in [0.3, 0.4) is 0 Å². The first-order valence-electron chi connectivity index (χ1n) is 6.56. The highest BCUT2D eigenvalue weighted by atomic mass is 32.2. The van der Waals surface area contributed by atoms with Crippen molar-refractivity contribution in [3.05, 3.63) is 53.4 Å². The lowest BCUT2D eigenvalue weighted by Gasteiger charge is -2.10. The molecule has 0 unspecified atom stereocenters. The van der Waals surface area contributed by atoms with Crippen LogP contribution >= 0.6 is 0 Å². The van der Waals surface area contributed by atoms with Gasteiger partial charge in [0.25, 0.3) is 10.0 Å². The smallest absolute Gasteiger partial charge is 0.261 e. The van der Waals surface area contributed by atoms with Crippen molar-refractivity contribution < 1.29 is 21.6 Å². The molecule has 0 radical (unpaired) electrons. The van der Waals surface area contributed by atoms with Crippen LogP contribution < -0.4 is 9.46 Å². The molecule has 0 atom stereocenters. The molecule has 0 saturated heterocycles. The lowest BCUT2D eigenvalue weighted by molar-refractivity contribution is 0.415. The molecule has 0 amide bonds. The van der Waals surface area contributed by atoms with E-state index in [1.165, 1.54) is 25.3 Å². The molecule has 1 N–H and O–H groups in total. The molecule has 120 valence electrons. The molecule has 0 bridgehead atoms. The van der Waals surface area contributed by atoms with E-state index in [4.69, 9.17) is 4.74 Å². The van der Waals surface area contributed by atoms with E-state index in [9.17, 15) is 16.8 Å². The highest BCUT2D eigenvalue weighted by Crippen LogP contribution is 2.29. The summed E-state index contributed by atoms with van der Waals surface area (Å²) in [6.45, 7) is 0. The second-order valence-corrected chi connectivity index (χ2v) is 8.37. The first-order chi connectivity index (χ1) is 10.8. The highest BCUT2D eigenvalue weighted by Gasteiger charge is 2.24. The normalized spacial score (nSPS) is 15.2. The van der Waals surface area contributed by atoms with E-state index in [1.807, 2.05) is 0 Å². The molecule has 1 heterocycles. The number of anilines is 1. The molecular formula is C15H13NO5S2. The van der Waals surface area contributed by atoms with Crippen LogP contribution in [0.2, 0.25) is 0 Å². The summed E-state index contributed by atoms with van der Waals surface area (Å²) in [5.41, 5.74) is 0.834. The minimum Gasteiger partial charge on any atom is -0.497 e. The number of methoxy groups -OCH3 is 1. The van der Waals surface area contributed by atoms with Gasteiger partial charge in [0, 0.05) is 11.1 Å². The zero-order valence-corrected chi connectivity index (χ0v) is 13.7. The molecule has 0 fully saturated rings. The van der Waals surface area contributed by atoms with Gasteiger partial charge >= 0.3 is 0 Å². The van der Waals surface area contributed by atoms with Crippen molar-refractivity contribution >= 4 is 31.6 Å². The number of hydrogen-bond donors (Lipinski definition) is 1. The number of sulfone groups is 1. The van der Waals surface area contributed by atoms with E-state index >= 15 is 0 Å². The molecule has 1 aliphatic heterocycles. The molecule has 6 nitrogen and oxygen atoms in total. The van der Waals surface area contributed by atoms with E-state index in [1.54, 1.807) is 24.3 Å². The summed E-state index contributed by atoms with van der Waals surface area (Å²) in [5, 5.41) is 1.06. The Labute approximate surface area is 134 Å². The Morgan fingerprint density at radius 1 is 1.04 bits per heavy atom. The van der Waals surface area contributed by atoms with Gasteiger partial charge in [0.2, 0.25) is 0 Å². The van der Waals surface area contributed by atoms with Crippen molar-refractivity contribution in [3.63, 3.8) is 0 Å². The average molecular weight is 351 g/mol. The van der Waals surface area contributed by atoms with Gasteiger partial charge in [-0.2, -0.15) is 0 Å². The van der Waals surface area contributed by atoms with Gasteiger partial charge < -0.3 is 4.74 Å². The minimum atomic E-state index is -3.89. The van der Waals surface area contributed by atoms with Crippen LogP contribution in [0, 0.1) is 0 Å². The third-order valence-corrected chi connectivity index (χ3v) is 6.21. The lowest BCUT2D eigenvalue weighted by Crippen LogP contribution is -2.13. The second kappa shape index (κ2) is 5.39. The van der Waals surface area contributed by atoms with Crippen molar-refractivity contribution in [2.24, 2.45) is 0 Å². The fourth-order valence-corrected chi connectivity index (χ4v) is 4.56.